The van der Waals surface area contributed by atoms with E-state index in [4.69, 9.17) is 14.2 Å². The summed E-state index contributed by atoms with van der Waals surface area (Å²) in [6.07, 6.45) is 1.38. The summed E-state index contributed by atoms with van der Waals surface area (Å²) in [6.45, 7) is 6.41. The van der Waals surface area contributed by atoms with Crippen LogP contribution in [-0.4, -0.2) is 37.0 Å². The maximum absolute atomic E-state index is 13.3. The second-order valence-electron chi connectivity index (χ2n) is 8.77. The molecule has 0 radical (unpaired) electrons. The quantitative estimate of drug-likeness (QED) is 0.192. The van der Waals surface area contributed by atoms with E-state index in [-0.39, 0.29) is 23.4 Å². The Bertz CT molecular complexity index is 1500. The molecule has 0 aromatic heterocycles. The molecule has 4 amide bonds. The van der Waals surface area contributed by atoms with Crippen molar-refractivity contribution in [2.45, 2.75) is 27.4 Å². The summed E-state index contributed by atoms with van der Waals surface area (Å²) in [5, 5.41) is 2.19. The first-order valence-corrected chi connectivity index (χ1v) is 13.3. The van der Waals surface area contributed by atoms with Crippen molar-refractivity contribution in [3.63, 3.8) is 0 Å². The molecule has 0 bridgehead atoms. The van der Waals surface area contributed by atoms with Crippen molar-refractivity contribution >= 4 is 51.5 Å². The molecule has 9 nitrogen and oxygen atoms in total. The minimum absolute atomic E-state index is 0.185. The highest BCUT2D eigenvalue weighted by Gasteiger charge is 2.37. The molecule has 10 heteroatoms. The number of hydrogen-bond acceptors (Lipinski definition) is 7. The van der Waals surface area contributed by atoms with Crippen LogP contribution in [0.2, 0.25) is 0 Å². The molecule has 1 aliphatic heterocycles. The number of esters is 1. The van der Waals surface area contributed by atoms with Crippen LogP contribution in [-0.2, 0) is 20.9 Å². The van der Waals surface area contributed by atoms with E-state index in [2.05, 4.69) is 21.2 Å². The largest absolute Gasteiger partial charge is 0.490 e. The van der Waals surface area contributed by atoms with E-state index in [1.807, 2.05) is 38.1 Å². The molecule has 4 rings (SSSR count). The van der Waals surface area contributed by atoms with Crippen molar-refractivity contribution < 1.29 is 33.4 Å². The van der Waals surface area contributed by atoms with E-state index < -0.39 is 23.8 Å². The number of carbonyl (C=O) groups is 4. The molecule has 0 saturated carbocycles. The standard InChI is InChI=1S/C30H27BrN2O7/c1-4-38-25-16-20(15-24(31)26(25)40-17-19-8-6-7-18(3)13-19)14-23-27(34)32-30(37)33(28(23)35)22-11-9-21(10-12-22)29(36)39-5-2/h6-16H,4-5,17H2,1-3H3,(H,32,34,37)/b23-14+. The van der Waals surface area contributed by atoms with Crippen LogP contribution in [0.1, 0.15) is 40.9 Å². The van der Waals surface area contributed by atoms with E-state index >= 15 is 0 Å². The predicted molar refractivity (Wildman–Crippen MR) is 152 cm³/mol. The van der Waals surface area contributed by atoms with E-state index in [0.29, 0.717) is 34.7 Å². The molecule has 0 spiro atoms. The zero-order valence-corrected chi connectivity index (χ0v) is 23.7. The van der Waals surface area contributed by atoms with Crippen LogP contribution in [0, 0.1) is 6.92 Å². The van der Waals surface area contributed by atoms with Crippen LogP contribution >= 0.6 is 15.9 Å². The fraction of sp³-hybridized carbons (Fsp3) is 0.200. The number of nitrogens with zero attached hydrogens (tertiary/aromatic N) is 1. The van der Waals surface area contributed by atoms with Gasteiger partial charge in [0.15, 0.2) is 11.5 Å². The molecule has 1 saturated heterocycles. The third-order valence-corrected chi connectivity index (χ3v) is 6.44. The predicted octanol–water partition coefficient (Wildman–Crippen LogP) is 5.58. The Balaban J connectivity index is 1.62. The Morgan fingerprint density at radius 3 is 2.40 bits per heavy atom. The number of halogens is 1. The zero-order chi connectivity index (χ0) is 28.8. The Labute approximate surface area is 239 Å². The van der Waals surface area contributed by atoms with Gasteiger partial charge in [-0.1, -0.05) is 29.8 Å². The number of barbiturate groups is 1. The van der Waals surface area contributed by atoms with Gasteiger partial charge in [0.25, 0.3) is 11.8 Å². The highest BCUT2D eigenvalue weighted by molar-refractivity contribution is 9.10. The Hall–Kier alpha value is -4.44. The summed E-state index contributed by atoms with van der Waals surface area (Å²) in [4.78, 5) is 51.4. The van der Waals surface area contributed by atoms with Gasteiger partial charge < -0.3 is 14.2 Å². The summed E-state index contributed by atoms with van der Waals surface area (Å²) in [6, 6.07) is 16.1. The van der Waals surface area contributed by atoms with Crippen molar-refractivity contribution in [1.29, 1.82) is 0 Å². The molecule has 0 aliphatic carbocycles. The van der Waals surface area contributed by atoms with Crippen LogP contribution in [0.3, 0.4) is 0 Å². The van der Waals surface area contributed by atoms with Gasteiger partial charge in [-0.3, -0.25) is 14.9 Å². The molecule has 1 heterocycles. The minimum atomic E-state index is -0.896. The first-order valence-electron chi connectivity index (χ1n) is 12.5. The number of imide groups is 2. The van der Waals surface area contributed by atoms with Crippen LogP contribution in [0.15, 0.2) is 70.7 Å². The van der Waals surface area contributed by atoms with Gasteiger partial charge in [0.05, 0.1) is 28.9 Å². The van der Waals surface area contributed by atoms with Crippen LogP contribution in [0.5, 0.6) is 11.5 Å². The molecule has 0 unspecified atom stereocenters. The zero-order valence-electron chi connectivity index (χ0n) is 22.2. The lowest BCUT2D eigenvalue weighted by Gasteiger charge is -2.26. The van der Waals surface area contributed by atoms with Gasteiger partial charge >= 0.3 is 12.0 Å². The second kappa shape index (κ2) is 12.6. The molecule has 1 aliphatic rings. The number of aryl methyl sites for hydroxylation is 1. The average Bonchev–Trinajstić information content (AvgIpc) is 2.91. The summed E-state index contributed by atoms with van der Waals surface area (Å²) >= 11 is 3.52. The summed E-state index contributed by atoms with van der Waals surface area (Å²) < 4.78 is 17.4. The molecule has 206 valence electrons. The highest BCUT2D eigenvalue weighted by atomic mass is 79.9. The van der Waals surface area contributed by atoms with E-state index in [9.17, 15) is 19.2 Å². The van der Waals surface area contributed by atoms with E-state index in [1.165, 1.54) is 30.3 Å². The molecule has 1 N–H and O–H groups in total. The molecule has 1 fully saturated rings. The second-order valence-corrected chi connectivity index (χ2v) is 9.62. The molecule has 0 atom stereocenters. The lowest BCUT2D eigenvalue weighted by atomic mass is 10.1. The first kappa shape index (κ1) is 28.6. The third-order valence-electron chi connectivity index (χ3n) is 5.85. The minimum Gasteiger partial charge on any atom is -0.490 e. The fourth-order valence-corrected chi connectivity index (χ4v) is 4.63. The van der Waals surface area contributed by atoms with Gasteiger partial charge in [-0.2, -0.15) is 0 Å². The van der Waals surface area contributed by atoms with Crippen molar-refractivity contribution in [3.05, 3.63) is 93.0 Å². The number of amides is 4. The molecule has 3 aromatic carbocycles. The fourth-order valence-electron chi connectivity index (χ4n) is 4.05. The lowest BCUT2D eigenvalue weighted by molar-refractivity contribution is -0.122. The van der Waals surface area contributed by atoms with Crippen molar-refractivity contribution in [3.8, 4) is 11.5 Å². The topological polar surface area (TPSA) is 111 Å². The molecular weight excluding hydrogens is 580 g/mol. The Morgan fingerprint density at radius 1 is 0.975 bits per heavy atom. The maximum atomic E-state index is 13.3. The SMILES string of the molecule is CCOC(=O)c1ccc(N2C(=O)NC(=O)/C(=C\c3cc(Br)c(OCc4cccc(C)c4)c(OCC)c3)C2=O)cc1. The van der Waals surface area contributed by atoms with Crippen LogP contribution in [0.4, 0.5) is 10.5 Å². The normalized spacial score (nSPS) is 14.2. The average molecular weight is 607 g/mol. The van der Waals surface area contributed by atoms with E-state index in [1.54, 1.807) is 19.1 Å². The first-order chi connectivity index (χ1) is 19.2. The van der Waals surface area contributed by atoms with Crippen LogP contribution in [0.25, 0.3) is 6.08 Å². The number of nitrogens with one attached hydrogen (secondary N) is 1. The number of carbonyl (C=O) groups excluding carboxylic acids is 4. The summed E-state index contributed by atoms with van der Waals surface area (Å²) in [5.74, 6) is -1.28. The van der Waals surface area contributed by atoms with Crippen LogP contribution < -0.4 is 19.7 Å². The Kier molecular flexibility index (Phi) is 9.00. The van der Waals surface area contributed by atoms with Gasteiger partial charge in [0.1, 0.15) is 12.2 Å². The maximum Gasteiger partial charge on any atom is 0.338 e. The summed E-state index contributed by atoms with van der Waals surface area (Å²) in [5.41, 5.74) is 2.78. The smallest absolute Gasteiger partial charge is 0.338 e. The highest BCUT2D eigenvalue weighted by Crippen LogP contribution is 2.38. The van der Waals surface area contributed by atoms with Gasteiger partial charge in [-0.25, -0.2) is 14.5 Å². The molecule has 40 heavy (non-hydrogen) atoms. The number of rotatable bonds is 9. The number of ether oxygens (including phenoxy) is 3. The van der Waals surface area contributed by atoms with Gasteiger partial charge in [0.2, 0.25) is 0 Å². The lowest BCUT2D eigenvalue weighted by Crippen LogP contribution is -2.54. The van der Waals surface area contributed by atoms with E-state index in [0.717, 1.165) is 16.0 Å². The third kappa shape index (κ3) is 6.40. The number of benzene rings is 3. The number of hydrogen-bond donors (Lipinski definition) is 1. The number of urea groups is 1. The summed E-state index contributed by atoms with van der Waals surface area (Å²) in [7, 11) is 0. The van der Waals surface area contributed by atoms with Gasteiger partial charge in [0, 0.05) is 0 Å². The Morgan fingerprint density at radius 2 is 1.73 bits per heavy atom. The van der Waals surface area contributed by atoms with Crippen molar-refractivity contribution in [1.82, 2.24) is 5.32 Å². The van der Waals surface area contributed by atoms with Gasteiger partial charge in [-0.05, 0) is 90.3 Å². The monoisotopic (exact) mass is 606 g/mol. The number of anilines is 1. The molecular formula is C30H27BrN2O7. The molecule has 3 aromatic rings. The van der Waals surface area contributed by atoms with Crippen molar-refractivity contribution in [2.75, 3.05) is 18.1 Å². The van der Waals surface area contributed by atoms with Gasteiger partial charge in [-0.15, -0.1) is 0 Å². The van der Waals surface area contributed by atoms with Crippen molar-refractivity contribution in [2.24, 2.45) is 0 Å².